The maximum atomic E-state index is 12.2. The molecule has 1 saturated heterocycles. The highest BCUT2D eigenvalue weighted by atomic mass is 35.5. The molecule has 1 atom stereocenters. The summed E-state index contributed by atoms with van der Waals surface area (Å²) >= 11 is 0. The molecule has 0 spiro atoms. The first kappa shape index (κ1) is 17.1. The molecule has 1 aliphatic heterocycles. The molecule has 0 aromatic heterocycles. The largest absolute Gasteiger partial charge is 0.488 e. The Bertz CT molecular complexity index is 486. The lowest BCUT2D eigenvalue weighted by atomic mass is 10.2. The van der Waals surface area contributed by atoms with Gasteiger partial charge in [0.2, 0.25) is 0 Å². The van der Waals surface area contributed by atoms with Gasteiger partial charge in [-0.2, -0.15) is 0 Å². The lowest BCUT2D eigenvalue weighted by Crippen LogP contribution is -2.45. The number of hydrogen-bond acceptors (Lipinski definition) is 4. The fraction of sp³-hybridized carbons (Fsp3) is 0.562. The van der Waals surface area contributed by atoms with Crippen molar-refractivity contribution in [2.75, 3.05) is 25.0 Å². The second-order valence-electron chi connectivity index (χ2n) is 5.57. The first-order valence-electron chi connectivity index (χ1n) is 7.72. The molecule has 2 fully saturated rings. The predicted octanol–water partition coefficient (Wildman–Crippen LogP) is 2.36. The number of carbonyl (C=O) groups excluding carboxylic acids is 1. The number of para-hydroxylation sites is 2. The highest BCUT2D eigenvalue weighted by Gasteiger charge is 2.23. The maximum absolute atomic E-state index is 12.2. The van der Waals surface area contributed by atoms with Crippen LogP contribution in [0.2, 0.25) is 0 Å². The van der Waals surface area contributed by atoms with Gasteiger partial charge in [-0.25, -0.2) is 0 Å². The second-order valence-corrected chi connectivity index (χ2v) is 5.57. The van der Waals surface area contributed by atoms with Gasteiger partial charge in [-0.1, -0.05) is 12.1 Å². The van der Waals surface area contributed by atoms with Crippen LogP contribution in [0.5, 0.6) is 5.75 Å². The van der Waals surface area contributed by atoms with Gasteiger partial charge >= 0.3 is 0 Å². The van der Waals surface area contributed by atoms with E-state index in [9.17, 15) is 4.79 Å². The summed E-state index contributed by atoms with van der Waals surface area (Å²) < 4.78 is 11.5. The van der Waals surface area contributed by atoms with E-state index in [1.807, 2.05) is 24.3 Å². The summed E-state index contributed by atoms with van der Waals surface area (Å²) in [6.45, 7) is 1.92. The van der Waals surface area contributed by atoms with Crippen molar-refractivity contribution < 1.29 is 14.3 Å². The lowest BCUT2D eigenvalue weighted by Gasteiger charge is -2.23. The average Bonchev–Trinajstić information content (AvgIpc) is 3.03. The SMILES string of the molecule is Cl.O=C(Nc1ccccc1OC1CCCC1)C1CNCCO1. The van der Waals surface area contributed by atoms with E-state index in [1.165, 1.54) is 12.8 Å². The highest BCUT2D eigenvalue weighted by Crippen LogP contribution is 2.29. The number of rotatable bonds is 4. The smallest absolute Gasteiger partial charge is 0.254 e. The van der Waals surface area contributed by atoms with Crippen LogP contribution >= 0.6 is 12.4 Å². The minimum Gasteiger partial charge on any atom is -0.488 e. The lowest BCUT2D eigenvalue weighted by molar-refractivity contribution is -0.128. The summed E-state index contributed by atoms with van der Waals surface area (Å²) in [6.07, 6.45) is 4.48. The van der Waals surface area contributed by atoms with Crippen LogP contribution in [0.1, 0.15) is 25.7 Å². The topological polar surface area (TPSA) is 59.6 Å². The van der Waals surface area contributed by atoms with E-state index < -0.39 is 6.10 Å². The minimum absolute atomic E-state index is 0. The zero-order valence-corrected chi connectivity index (χ0v) is 13.4. The van der Waals surface area contributed by atoms with Gasteiger partial charge in [-0.3, -0.25) is 4.79 Å². The standard InChI is InChI=1S/C16H22N2O3.ClH/c19-16(15-11-17-9-10-20-15)18-13-7-3-4-8-14(13)21-12-5-1-2-6-12;/h3-4,7-8,12,15,17H,1-2,5-6,9-11H2,(H,18,19);1H. The van der Waals surface area contributed by atoms with Crippen molar-refractivity contribution in [3.63, 3.8) is 0 Å². The van der Waals surface area contributed by atoms with Gasteiger partial charge < -0.3 is 20.1 Å². The Labute approximate surface area is 137 Å². The zero-order valence-electron chi connectivity index (χ0n) is 12.5. The van der Waals surface area contributed by atoms with Crippen LogP contribution in [0.3, 0.4) is 0 Å². The molecule has 3 rings (SSSR count). The number of anilines is 1. The fourth-order valence-electron chi connectivity index (χ4n) is 2.81. The first-order valence-corrected chi connectivity index (χ1v) is 7.72. The third-order valence-corrected chi connectivity index (χ3v) is 3.96. The second kappa shape index (κ2) is 8.36. The molecule has 1 aromatic carbocycles. The van der Waals surface area contributed by atoms with Crippen LogP contribution in [0.25, 0.3) is 0 Å². The van der Waals surface area contributed by atoms with E-state index in [0.717, 1.165) is 30.8 Å². The van der Waals surface area contributed by atoms with Crippen LogP contribution < -0.4 is 15.4 Å². The molecule has 1 aromatic rings. The van der Waals surface area contributed by atoms with Gasteiger partial charge in [0.25, 0.3) is 5.91 Å². The molecule has 22 heavy (non-hydrogen) atoms. The van der Waals surface area contributed by atoms with Crippen LogP contribution in [0.4, 0.5) is 5.69 Å². The summed E-state index contributed by atoms with van der Waals surface area (Å²) in [5.41, 5.74) is 0.726. The summed E-state index contributed by atoms with van der Waals surface area (Å²) in [4.78, 5) is 12.2. The van der Waals surface area contributed by atoms with Crippen molar-refractivity contribution >= 4 is 24.0 Å². The van der Waals surface area contributed by atoms with E-state index in [1.54, 1.807) is 0 Å². The number of amides is 1. The van der Waals surface area contributed by atoms with E-state index in [0.29, 0.717) is 13.2 Å². The molecule has 5 nitrogen and oxygen atoms in total. The molecule has 2 aliphatic rings. The van der Waals surface area contributed by atoms with Gasteiger partial charge in [0, 0.05) is 13.1 Å². The molecule has 1 amide bonds. The summed E-state index contributed by atoms with van der Waals surface area (Å²) in [5, 5.41) is 6.08. The molecule has 1 saturated carbocycles. The molecule has 0 bridgehead atoms. The van der Waals surface area contributed by atoms with Gasteiger partial charge in [-0.15, -0.1) is 12.4 Å². The zero-order chi connectivity index (χ0) is 14.5. The van der Waals surface area contributed by atoms with Crippen molar-refractivity contribution in [2.24, 2.45) is 0 Å². The Morgan fingerprint density at radius 2 is 2.05 bits per heavy atom. The summed E-state index contributed by atoms with van der Waals surface area (Å²) in [6, 6.07) is 7.61. The van der Waals surface area contributed by atoms with E-state index in [4.69, 9.17) is 9.47 Å². The molecule has 1 heterocycles. The number of morpholine rings is 1. The van der Waals surface area contributed by atoms with Crippen molar-refractivity contribution in [3.8, 4) is 5.75 Å². The Morgan fingerprint density at radius 3 is 2.77 bits per heavy atom. The quantitative estimate of drug-likeness (QED) is 0.891. The van der Waals surface area contributed by atoms with Crippen molar-refractivity contribution in [1.82, 2.24) is 5.32 Å². The van der Waals surface area contributed by atoms with E-state index in [-0.39, 0.29) is 24.4 Å². The molecule has 2 N–H and O–H groups in total. The number of hydrogen-bond donors (Lipinski definition) is 2. The van der Waals surface area contributed by atoms with Gasteiger partial charge in [-0.05, 0) is 37.8 Å². The first-order chi connectivity index (χ1) is 10.3. The Morgan fingerprint density at radius 1 is 1.27 bits per heavy atom. The van der Waals surface area contributed by atoms with E-state index in [2.05, 4.69) is 10.6 Å². The summed E-state index contributed by atoms with van der Waals surface area (Å²) in [5.74, 6) is 0.631. The van der Waals surface area contributed by atoms with Gasteiger partial charge in [0.05, 0.1) is 18.4 Å². The van der Waals surface area contributed by atoms with Gasteiger partial charge in [0.1, 0.15) is 11.9 Å². The Balaban J connectivity index is 0.00000176. The molecular weight excluding hydrogens is 304 g/mol. The number of benzene rings is 1. The normalized spacial score (nSPS) is 21.9. The van der Waals surface area contributed by atoms with E-state index >= 15 is 0 Å². The predicted molar refractivity (Wildman–Crippen MR) is 87.8 cm³/mol. The molecule has 1 unspecified atom stereocenters. The van der Waals surface area contributed by atoms with Crippen LogP contribution in [-0.4, -0.2) is 37.8 Å². The third kappa shape index (κ3) is 4.35. The Kier molecular flexibility index (Phi) is 6.49. The molecule has 6 heteroatoms. The van der Waals surface area contributed by atoms with Crippen molar-refractivity contribution in [2.45, 2.75) is 37.9 Å². The maximum Gasteiger partial charge on any atom is 0.254 e. The van der Waals surface area contributed by atoms with Gasteiger partial charge in [0.15, 0.2) is 0 Å². The number of ether oxygens (including phenoxy) is 2. The average molecular weight is 327 g/mol. The number of carbonyl (C=O) groups is 1. The monoisotopic (exact) mass is 326 g/mol. The molecular formula is C16H23ClN2O3. The van der Waals surface area contributed by atoms with Crippen molar-refractivity contribution in [1.29, 1.82) is 0 Å². The van der Waals surface area contributed by atoms with Crippen LogP contribution in [0.15, 0.2) is 24.3 Å². The Hall–Kier alpha value is -1.30. The number of nitrogens with one attached hydrogen (secondary N) is 2. The van der Waals surface area contributed by atoms with Crippen molar-refractivity contribution in [3.05, 3.63) is 24.3 Å². The molecule has 1 aliphatic carbocycles. The number of halogens is 1. The fourth-order valence-corrected chi connectivity index (χ4v) is 2.81. The third-order valence-electron chi connectivity index (χ3n) is 3.96. The minimum atomic E-state index is -0.432. The molecule has 0 radical (unpaired) electrons. The highest BCUT2D eigenvalue weighted by molar-refractivity contribution is 5.95. The molecule has 122 valence electrons. The van der Waals surface area contributed by atoms with Crippen LogP contribution in [-0.2, 0) is 9.53 Å². The van der Waals surface area contributed by atoms with Crippen LogP contribution in [0, 0.1) is 0 Å². The summed E-state index contributed by atoms with van der Waals surface area (Å²) in [7, 11) is 0.